The summed E-state index contributed by atoms with van der Waals surface area (Å²) >= 11 is 0. The van der Waals surface area contributed by atoms with Gasteiger partial charge in [0.05, 0.1) is 0 Å². The van der Waals surface area contributed by atoms with E-state index in [2.05, 4.69) is 30.2 Å². The molecule has 1 unspecified atom stereocenters. The molecule has 38 heavy (non-hydrogen) atoms. The summed E-state index contributed by atoms with van der Waals surface area (Å²) in [5.74, 6) is 0.361. The van der Waals surface area contributed by atoms with Crippen molar-refractivity contribution in [2.75, 3.05) is 31.6 Å². The SMILES string of the molecule is C=C(/C=C1/N=C(C(=O)N2CCCCCC2C)C=C(C2(C)CC2)N1C)c1ccc(N2CCCC2)cc1F.CC. The standard InChI is InChI=1S/C30H39FN4O.C2H6/c1-21(24-12-11-23(19-25(24)31)34-15-8-9-16-34)18-28-32-26(20-27(33(28)4)30(3)13-14-30)29(36)35-17-7-5-6-10-22(35)2;1-2/h11-12,18-20,22H,1,5-10,13-17H2,2-4H3;1-2H3/b28-18-;. The Kier molecular flexibility index (Phi) is 8.79. The lowest BCUT2D eigenvalue weighted by atomic mass is 9.99. The number of likely N-dealkylation sites (tertiary alicyclic amines) is 1. The van der Waals surface area contributed by atoms with Crippen molar-refractivity contribution in [3.05, 3.63) is 59.8 Å². The zero-order valence-electron chi connectivity index (χ0n) is 24.0. The number of allylic oxidation sites excluding steroid dienone is 3. The lowest BCUT2D eigenvalue weighted by Gasteiger charge is -2.33. The molecule has 3 aliphatic heterocycles. The Morgan fingerprint density at radius 1 is 1.11 bits per heavy atom. The molecule has 0 bridgehead atoms. The highest BCUT2D eigenvalue weighted by Gasteiger charge is 2.45. The Morgan fingerprint density at radius 2 is 1.79 bits per heavy atom. The van der Waals surface area contributed by atoms with E-state index in [1.54, 1.807) is 6.07 Å². The van der Waals surface area contributed by atoms with Gasteiger partial charge in [0, 0.05) is 55.1 Å². The highest BCUT2D eigenvalue weighted by atomic mass is 19.1. The first-order chi connectivity index (χ1) is 18.3. The van der Waals surface area contributed by atoms with Gasteiger partial charge in [0.15, 0.2) is 0 Å². The van der Waals surface area contributed by atoms with Crippen LogP contribution in [0.25, 0.3) is 5.57 Å². The van der Waals surface area contributed by atoms with Crippen molar-refractivity contribution in [1.82, 2.24) is 9.80 Å². The third kappa shape index (κ3) is 5.89. The number of benzene rings is 1. The molecular formula is C32H45FN4O. The summed E-state index contributed by atoms with van der Waals surface area (Å²) in [5, 5.41) is 0. The van der Waals surface area contributed by atoms with Crippen LogP contribution in [0.3, 0.4) is 0 Å². The van der Waals surface area contributed by atoms with Gasteiger partial charge < -0.3 is 14.7 Å². The molecule has 1 aromatic carbocycles. The van der Waals surface area contributed by atoms with Crippen LogP contribution in [0, 0.1) is 11.2 Å². The topological polar surface area (TPSA) is 39.2 Å². The number of rotatable bonds is 5. The van der Waals surface area contributed by atoms with Crippen molar-refractivity contribution in [2.45, 2.75) is 85.1 Å². The molecule has 0 N–H and O–H groups in total. The number of hydrogen-bond acceptors (Lipinski definition) is 4. The van der Waals surface area contributed by atoms with E-state index in [0.717, 1.165) is 82.4 Å². The maximum atomic E-state index is 15.2. The third-order valence-corrected chi connectivity index (χ3v) is 8.44. The van der Waals surface area contributed by atoms with Crippen LogP contribution < -0.4 is 4.90 Å². The molecule has 0 spiro atoms. The van der Waals surface area contributed by atoms with Gasteiger partial charge in [-0.25, -0.2) is 9.38 Å². The molecule has 5 rings (SSSR count). The molecule has 1 aromatic rings. The minimum Gasteiger partial charge on any atom is -0.371 e. The Bertz CT molecular complexity index is 1140. The van der Waals surface area contributed by atoms with Crippen molar-refractivity contribution in [1.29, 1.82) is 0 Å². The van der Waals surface area contributed by atoms with Gasteiger partial charge >= 0.3 is 0 Å². The number of carbonyl (C=O) groups is 1. The summed E-state index contributed by atoms with van der Waals surface area (Å²) < 4.78 is 15.2. The van der Waals surface area contributed by atoms with Crippen LogP contribution in [0.1, 0.15) is 84.6 Å². The highest BCUT2D eigenvalue weighted by molar-refractivity contribution is 6.44. The molecule has 1 aliphatic carbocycles. The number of nitrogens with zero attached hydrogens (tertiary/aromatic N) is 4. The Balaban J connectivity index is 0.00000164. The van der Waals surface area contributed by atoms with E-state index in [1.807, 2.05) is 50.1 Å². The Labute approximate surface area is 228 Å². The molecule has 2 saturated heterocycles. The molecular weight excluding hydrogens is 475 g/mol. The van der Waals surface area contributed by atoms with Crippen molar-refractivity contribution >= 4 is 22.9 Å². The summed E-state index contributed by atoms with van der Waals surface area (Å²) in [7, 11) is 1.99. The smallest absolute Gasteiger partial charge is 0.272 e. The number of anilines is 1. The van der Waals surface area contributed by atoms with Gasteiger partial charge in [-0.15, -0.1) is 0 Å². The van der Waals surface area contributed by atoms with Crippen molar-refractivity contribution < 1.29 is 9.18 Å². The number of amides is 1. The van der Waals surface area contributed by atoms with Crippen LogP contribution in [0.2, 0.25) is 0 Å². The monoisotopic (exact) mass is 520 g/mol. The van der Waals surface area contributed by atoms with Gasteiger partial charge in [-0.2, -0.15) is 0 Å². The van der Waals surface area contributed by atoms with Gasteiger partial charge in [-0.3, -0.25) is 4.79 Å². The number of hydrogen-bond donors (Lipinski definition) is 0. The lowest BCUT2D eigenvalue weighted by Crippen LogP contribution is -2.43. The molecule has 0 radical (unpaired) electrons. The Morgan fingerprint density at radius 3 is 2.45 bits per heavy atom. The maximum Gasteiger partial charge on any atom is 0.272 e. The molecule has 1 saturated carbocycles. The van der Waals surface area contributed by atoms with Crippen LogP contribution in [-0.4, -0.2) is 54.1 Å². The maximum absolute atomic E-state index is 15.2. The average molecular weight is 521 g/mol. The zero-order chi connectivity index (χ0) is 27.4. The van der Waals surface area contributed by atoms with Gasteiger partial charge in [0.25, 0.3) is 5.91 Å². The summed E-state index contributed by atoms with van der Waals surface area (Å²) in [4.78, 5) is 24.7. The predicted octanol–water partition coefficient (Wildman–Crippen LogP) is 7.17. The van der Waals surface area contributed by atoms with Crippen LogP contribution in [0.5, 0.6) is 0 Å². The van der Waals surface area contributed by atoms with E-state index in [0.29, 0.717) is 22.7 Å². The minimum absolute atomic E-state index is 0.00286. The van der Waals surface area contributed by atoms with Gasteiger partial charge in [0.1, 0.15) is 17.3 Å². The molecule has 206 valence electrons. The second-order valence-corrected chi connectivity index (χ2v) is 11.2. The zero-order valence-corrected chi connectivity index (χ0v) is 24.0. The number of carbonyl (C=O) groups excluding carboxylic acids is 1. The Hall–Kier alpha value is -2.89. The summed E-state index contributed by atoms with van der Waals surface area (Å²) in [6.07, 6.45) is 12.7. The quantitative estimate of drug-likeness (QED) is 0.413. The minimum atomic E-state index is -0.275. The van der Waals surface area contributed by atoms with E-state index >= 15 is 4.39 Å². The fourth-order valence-corrected chi connectivity index (χ4v) is 5.74. The molecule has 1 atom stereocenters. The molecule has 5 nitrogen and oxygen atoms in total. The summed E-state index contributed by atoms with van der Waals surface area (Å²) in [5.41, 5.74) is 3.58. The van der Waals surface area contributed by atoms with Crippen molar-refractivity contribution in [3.63, 3.8) is 0 Å². The van der Waals surface area contributed by atoms with Gasteiger partial charge in [-0.05, 0) is 81.4 Å². The summed E-state index contributed by atoms with van der Waals surface area (Å²) in [6, 6.07) is 5.62. The van der Waals surface area contributed by atoms with E-state index in [1.165, 1.54) is 0 Å². The lowest BCUT2D eigenvalue weighted by molar-refractivity contribution is -0.125. The van der Waals surface area contributed by atoms with Crippen LogP contribution in [-0.2, 0) is 4.79 Å². The molecule has 3 fully saturated rings. The van der Waals surface area contributed by atoms with E-state index in [-0.39, 0.29) is 23.2 Å². The normalized spacial score (nSPS) is 23.8. The third-order valence-electron chi connectivity index (χ3n) is 8.44. The molecule has 6 heteroatoms. The van der Waals surface area contributed by atoms with Gasteiger partial charge in [0.2, 0.25) is 0 Å². The van der Waals surface area contributed by atoms with E-state index < -0.39 is 0 Å². The molecule has 0 aromatic heterocycles. The number of aliphatic imine (C=N–C) groups is 1. The predicted molar refractivity (Wildman–Crippen MR) is 157 cm³/mol. The van der Waals surface area contributed by atoms with E-state index in [4.69, 9.17) is 4.99 Å². The largest absolute Gasteiger partial charge is 0.371 e. The van der Waals surface area contributed by atoms with Crippen LogP contribution >= 0.6 is 0 Å². The first-order valence-corrected chi connectivity index (χ1v) is 14.6. The fraction of sp³-hybridized carbons (Fsp3) is 0.562. The van der Waals surface area contributed by atoms with Crippen LogP contribution in [0.15, 0.2) is 53.4 Å². The first kappa shape index (κ1) is 28.1. The molecule has 1 amide bonds. The highest BCUT2D eigenvalue weighted by Crippen LogP contribution is 2.53. The van der Waals surface area contributed by atoms with Crippen LogP contribution in [0.4, 0.5) is 10.1 Å². The summed E-state index contributed by atoms with van der Waals surface area (Å²) in [6.45, 7) is 15.3. The first-order valence-electron chi connectivity index (χ1n) is 14.6. The number of halogens is 1. The van der Waals surface area contributed by atoms with Crippen molar-refractivity contribution in [3.8, 4) is 0 Å². The van der Waals surface area contributed by atoms with Gasteiger partial charge in [-0.1, -0.05) is 40.2 Å². The average Bonchev–Trinajstić information content (AvgIpc) is 3.49. The fourth-order valence-electron chi connectivity index (χ4n) is 5.74. The van der Waals surface area contributed by atoms with E-state index in [9.17, 15) is 4.79 Å². The molecule has 4 aliphatic rings. The van der Waals surface area contributed by atoms with Crippen molar-refractivity contribution in [2.24, 2.45) is 10.4 Å². The second-order valence-electron chi connectivity index (χ2n) is 11.2. The molecule has 3 heterocycles. The second kappa shape index (κ2) is 11.9.